The maximum Gasteiger partial charge on any atom is 0.225 e. The van der Waals surface area contributed by atoms with E-state index in [1.54, 1.807) is 11.1 Å². The van der Waals surface area contributed by atoms with Crippen LogP contribution in [0.3, 0.4) is 0 Å². The number of aromatic nitrogens is 1. The molecule has 2 aliphatic rings. The van der Waals surface area contributed by atoms with Gasteiger partial charge in [-0.15, -0.1) is 11.3 Å². The van der Waals surface area contributed by atoms with Crippen LogP contribution in [-0.4, -0.2) is 64.2 Å². The van der Waals surface area contributed by atoms with Crippen molar-refractivity contribution in [2.45, 2.75) is 56.7 Å². The molecule has 212 valence electrons. The van der Waals surface area contributed by atoms with Gasteiger partial charge in [-0.3, -0.25) is 9.59 Å². The Morgan fingerprint density at radius 2 is 1.98 bits per heavy atom. The topological polar surface area (TPSA) is 104 Å². The van der Waals surface area contributed by atoms with E-state index in [1.807, 2.05) is 35.7 Å². The van der Waals surface area contributed by atoms with Crippen molar-refractivity contribution in [2.75, 3.05) is 13.1 Å². The minimum absolute atomic E-state index is 0.0127. The van der Waals surface area contributed by atoms with Crippen molar-refractivity contribution in [3.8, 4) is 0 Å². The van der Waals surface area contributed by atoms with E-state index in [0.29, 0.717) is 31.7 Å². The lowest BCUT2D eigenvalue weighted by Gasteiger charge is -2.29. The number of thiazole rings is 1. The molecule has 2 amide bonds. The highest BCUT2D eigenvalue weighted by Gasteiger charge is 2.39. The molecule has 2 aromatic carbocycles. The van der Waals surface area contributed by atoms with Crippen LogP contribution in [0.2, 0.25) is 0 Å². The van der Waals surface area contributed by atoms with Gasteiger partial charge < -0.3 is 25.4 Å². The molecule has 11 heteroatoms. The van der Waals surface area contributed by atoms with Gasteiger partial charge in [0.2, 0.25) is 11.8 Å². The van der Waals surface area contributed by atoms with Gasteiger partial charge in [-0.2, -0.15) is 0 Å². The van der Waals surface area contributed by atoms with E-state index in [9.17, 15) is 23.5 Å². The molecule has 3 N–H and O–H groups in total. The smallest absolute Gasteiger partial charge is 0.225 e. The van der Waals surface area contributed by atoms with E-state index < -0.39 is 35.7 Å². The number of nitrogens with zero attached hydrogens (tertiary/aromatic N) is 2. The van der Waals surface area contributed by atoms with E-state index in [-0.39, 0.29) is 37.3 Å². The third-order valence-electron chi connectivity index (χ3n) is 7.38. The van der Waals surface area contributed by atoms with Crippen molar-refractivity contribution in [3.05, 3.63) is 87.9 Å². The highest BCUT2D eigenvalue weighted by Crippen LogP contribution is 2.24. The van der Waals surface area contributed by atoms with E-state index in [2.05, 4.69) is 15.6 Å². The molecule has 0 aliphatic carbocycles. The van der Waals surface area contributed by atoms with Gasteiger partial charge in [0.05, 0.1) is 37.3 Å². The highest BCUT2D eigenvalue weighted by atomic mass is 32.1. The Kier molecular flexibility index (Phi) is 9.15. The van der Waals surface area contributed by atoms with Gasteiger partial charge in [-0.25, -0.2) is 13.8 Å². The van der Waals surface area contributed by atoms with Gasteiger partial charge in [0.25, 0.3) is 0 Å². The Labute approximate surface area is 235 Å². The number of ether oxygens (including phenoxy) is 1. The molecule has 3 aromatic rings. The molecule has 40 heavy (non-hydrogen) atoms. The minimum atomic E-state index is -1.07. The molecule has 1 aromatic heterocycles. The first-order valence-electron chi connectivity index (χ1n) is 13.3. The standard InChI is InChI=1S/C29H32F2N4O4S/c30-21-8-19(9-22(31)12-21)10-25(28(37)24-13-23(14-33-24)39-17-18-4-2-1-3-5-18)34-29(38)20-11-27(36)35(15-20)16-26-32-6-7-40-26/h1-9,12,20,23-25,28,33,37H,10-11,13-17H2,(H,34,38)/t20-,23+,24+,25-,28+/m0/s1. The zero-order valence-electron chi connectivity index (χ0n) is 21.8. The van der Waals surface area contributed by atoms with Crippen molar-refractivity contribution in [1.29, 1.82) is 0 Å². The number of rotatable bonds is 11. The first-order valence-corrected chi connectivity index (χ1v) is 14.2. The Balaban J connectivity index is 1.24. The molecule has 5 rings (SSSR count). The number of hydrogen-bond donors (Lipinski definition) is 3. The second-order valence-corrected chi connectivity index (χ2v) is 11.3. The lowest BCUT2D eigenvalue weighted by Crippen LogP contribution is -2.53. The van der Waals surface area contributed by atoms with Crippen LogP contribution < -0.4 is 10.6 Å². The van der Waals surface area contributed by atoms with E-state index in [4.69, 9.17) is 4.74 Å². The van der Waals surface area contributed by atoms with Crippen LogP contribution >= 0.6 is 11.3 Å². The number of halogens is 2. The number of hydrogen-bond acceptors (Lipinski definition) is 7. The summed E-state index contributed by atoms with van der Waals surface area (Å²) in [4.78, 5) is 31.7. The minimum Gasteiger partial charge on any atom is -0.389 e. The SMILES string of the molecule is O=C(N[C@@H](Cc1cc(F)cc(F)c1)[C@H](O)[C@H]1C[C@@H](OCc2ccccc2)CN1)[C@H]1CC(=O)N(Cc2nccs2)C1. The third-order valence-corrected chi connectivity index (χ3v) is 8.14. The van der Waals surface area contributed by atoms with Crippen molar-refractivity contribution < 1.29 is 28.2 Å². The van der Waals surface area contributed by atoms with E-state index in [0.717, 1.165) is 16.6 Å². The normalized spacial score (nSPS) is 22.4. The molecule has 2 fully saturated rings. The van der Waals surface area contributed by atoms with Crippen molar-refractivity contribution in [3.63, 3.8) is 0 Å². The fourth-order valence-corrected chi connectivity index (χ4v) is 5.95. The highest BCUT2D eigenvalue weighted by molar-refractivity contribution is 7.09. The molecule has 0 spiro atoms. The van der Waals surface area contributed by atoms with Crippen LogP contribution in [0.5, 0.6) is 0 Å². The summed E-state index contributed by atoms with van der Waals surface area (Å²) in [5.74, 6) is -2.60. The Bertz CT molecular complexity index is 1280. The summed E-state index contributed by atoms with van der Waals surface area (Å²) in [6.45, 7) is 1.53. The molecular weight excluding hydrogens is 538 g/mol. The van der Waals surface area contributed by atoms with Crippen LogP contribution in [0, 0.1) is 17.6 Å². The molecule has 0 saturated carbocycles. The third kappa shape index (κ3) is 7.28. The Morgan fingerprint density at radius 3 is 2.70 bits per heavy atom. The van der Waals surface area contributed by atoms with E-state index >= 15 is 0 Å². The van der Waals surface area contributed by atoms with Crippen LogP contribution in [0.25, 0.3) is 0 Å². The predicted octanol–water partition coefficient (Wildman–Crippen LogP) is 2.81. The summed E-state index contributed by atoms with van der Waals surface area (Å²) < 4.78 is 33.9. The van der Waals surface area contributed by atoms with Crippen molar-refractivity contribution in [2.24, 2.45) is 5.92 Å². The molecule has 3 heterocycles. The number of aliphatic hydroxyl groups is 1. The second-order valence-electron chi connectivity index (χ2n) is 10.4. The largest absolute Gasteiger partial charge is 0.389 e. The second kappa shape index (κ2) is 12.9. The van der Waals surface area contributed by atoms with Gasteiger partial charge >= 0.3 is 0 Å². The monoisotopic (exact) mass is 570 g/mol. The molecule has 8 nitrogen and oxygen atoms in total. The van der Waals surface area contributed by atoms with Gasteiger partial charge in [-0.05, 0) is 36.1 Å². The van der Waals surface area contributed by atoms with Gasteiger partial charge in [-0.1, -0.05) is 30.3 Å². The first kappa shape index (κ1) is 28.3. The predicted molar refractivity (Wildman–Crippen MR) is 145 cm³/mol. The summed E-state index contributed by atoms with van der Waals surface area (Å²) in [5.41, 5.74) is 1.35. The van der Waals surface area contributed by atoms with Gasteiger partial charge in [0.1, 0.15) is 16.6 Å². The number of amides is 2. The maximum absolute atomic E-state index is 13.9. The number of likely N-dealkylation sites (tertiary alicyclic amines) is 1. The summed E-state index contributed by atoms with van der Waals surface area (Å²) in [6, 6.07) is 11.7. The van der Waals surface area contributed by atoms with Crippen molar-refractivity contribution in [1.82, 2.24) is 20.5 Å². The lowest BCUT2D eigenvalue weighted by molar-refractivity contribution is -0.129. The molecule has 2 aliphatic heterocycles. The van der Waals surface area contributed by atoms with E-state index in [1.165, 1.54) is 23.5 Å². The molecule has 0 radical (unpaired) electrons. The van der Waals surface area contributed by atoms with Crippen LogP contribution in [-0.2, 0) is 33.9 Å². The summed E-state index contributed by atoms with van der Waals surface area (Å²) >= 11 is 1.44. The number of benzene rings is 2. The van der Waals surface area contributed by atoms with Crippen LogP contribution in [0.1, 0.15) is 29.0 Å². The number of aliphatic hydroxyl groups excluding tert-OH is 1. The quantitative estimate of drug-likeness (QED) is 0.328. The van der Waals surface area contributed by atoms with Crippen LogP contribution in [0.15, 0.2) is 60.1 Å². The molecule has 2 saturated heterocycles. The molecule has 5 atom stereocenters. The Hall–Kier alpha value is -3.25. The number of nitrogens with one attached hydrogen (secondary N) is 2. The Morgan fingerprint density at radius 1 is 1.20 bits per heavy atom. The summed E-state index contributed by atoms with van der Waals surface area (Å²) in [6.07, 6.45) is 1.02. The molecular formula is C29H32F2N4O4S. The molecule has 0 bridgehead atoms. The lowest BCUT2D eigenvalue weighted by atomic mass is 9.94. The fourth-order valence-electron chi connectivity index (χ4n) is 5.32. The van der Waals surface area contributed by atoms with Gasteiger partial charge in [0, 0.05) is 43.2 Å². The average Bonchev–Trinajstić information content (AvgIpc) is 3.69. The summed E-state index contributed by atoms with van der Waals surface area (Å²) in [7, 11) is 0. The maximum atomic E-state index is 13.9. The number of carbonyl (C=O) groups is 2. The number of carbonyl (C=O) groups excluding carboxylic acids is 2. The summed E-state index contributed by atoms with van der Waals surface area (Å²) in [5, 5.41) is 20.1. The van der Waals surface area contributed by atoms with Crippen molar-refractivity contribution >= 4 is 23.2 Å². The molecule has 0 unspecified atom stereocenters. The first-order chi connectivity index (χ1) is 19.3. The fraction of sp³-hybridized carbons (Fsp3) is 0.414. The van der Waals surface area contributed by atoms with Crippen LogP contribution in [0.4, 0.5) is 8.78 Å². The van der Waals surface area contributed by atoms with Gasteiger partial charge in [0.15, 0.2) is 0 Å². The zero-order chi connectivity index (χ0) is 28.1. The zero-order valence-corrected chi connectivity index (χ0v) is 22.7. The average molecular weight is 571 g/mol.